The van der Waals surface area contributed by atoms with E-state index in [1.807, 2.05) is 12.2 Å². The average Bonchev–Trinajstić information content (AvgIpc) is 3.44. The molecule has 1 unspecified atom stereocenters. The molecule has 0 aromatic rings. The highest BCUT2D eigenvalue weighted by atomic mass is 16.6. The lowest BCUT2D eigenvalue weighted by Gasteiger charge is -2.18. The van der Waals surface area contributed by atoms with E-state index in [1.165, 1.54) is 89.9 Å². The van der Waals surface area contributed by atoms with Crippen molar-refractivity contribution in [1.82, 2.24) is 0 Å². The van der Waals surface area contributed by atoms with Crippen LogP contribution in [0, 0.1) is 0 Å². The van der Waals surface area contributed by atoms with Gasteiger partial charge >= 0.3 is 17.9 Å². The van der Waals surface area contributed by atoms with Crippen LogP contribution in [0.2, 0.25) is 0 Å². The van der Waals surface area contributed by atoms with Crippen LogP contribution in [0.5, 0.6) is 0 Å². The smallest absolute Gasteiger partial charge is 0.306 e. The molecule has 0 aromatic carbocycles. The molecule has 0 aliphatic rings. The van der Waals surface area contributed by atoms with Gasteiger partial charge in [0.2, 0.25) is 0 Å². The maximum Gasteiger partial charge on any atom is 0.306 e. The van der Waals surface area contributed by atoms with Crippen molar-refractivity contribution in [2.24, 2.45) is 0 Å². The Kier molecular flexibility index (Phi) is 60.4. The predicted molar refractivity (Wildman–Crippen MR) is 338 cm³/mol. The van der Waals surface area contributed by atoms with E-state index in [-0.39, 0.29) is 31.6 Å². The largest absolute Gasteiger partial charge is 0.462 e. The molecule has 78 heavy (non-hydrogen) atoms. The third-order valence-corrected chi connectivity index (χ3v) is 12.8. The van der Waals surface area contributed by atoms with Gasteiger partial charge in [-0.3, -0.25) is 14.4 Å². The van der Waals surface area contributed by atoms with Gasteiger partial charge in [0.05, 0.1) is 0 Å². The van der Waals surface area contributed by atoms with E-state index >= 15 is 0 Å². The van der Waals surface area contributed by atoms with Gasteiger partial charge in [0, 0.05) is 19.3 Å². The Bertz CT molecular complexity index is 1760. The van der Waals surface area contributed by atoms with E-state index in [0.29, 0.717) is 19.3 Å². The molecule has 0 spiro atoms. The number of carbonyl (C=O) groups excluding carboxylic acids is 3. The number of rotatable bonds is 55. The maximum atomic E-state index is 12.8. The van der Waals surface area contributed by atoms with Crippen molar-refractivity contribution in [2.45, 2.75) is 264 Å². The van der Waals surface area contributed by atoms with Crippen molar-refractivity contribution in [3.63, 3.8) is 0 Å². The Labute approximate surface area is 480 Å². The van der Waals surface area contributed by atoms with Gasteiger partial charge in [-0.1, -0.05) is 281 Å². The molecule has 438 valence electrons. The van der Waals surface area contributed by atoms with Gasteiger partial charge in [-0.2, -0.15) is 0 Å². The summed E-state index contributed by atoms with van der Waals surface area (Å²) >= 11 is 0. The van der Waals surface area contributed by atoms with E-state index in [0.717, 1.165) is 122 Å². The molecule has 0 bridgehead atoms. The molecule has 0 fully saturated rings. The summed E-state index contributed by atoms with van der Waals surface area (Å²) < 4.78 is 16.7. The summed E-state index contributed by atoms with van der Waals surface area (Å²) in [6.45, 7) is 6.28. The zero-order valence-corrected chi connectivity index (χ0v) is 50.1. The van der Waals surface area contributed by atoms with Crippen molar-refractivity contribution >= 4 is 17.9 Å². The van der Waals surface area contributed by atoms with Crippen LogP contribution in [-0.2, 0) is 28.6 Å². The summed E-state index contributed by atoms with van der Waals surface area (Å²) in [4.78, 5) is 37.9. The molecular weight excluding hydrogens is 961 g/mol. The van der Waals surface area contributed by atoms with Crippen LogP contribution < -0.4 is 0 Å². The molecule has 0 rings (SSSR count). The number of unbranched alkanes of at least 4 members (excludes halogenated alkanes) is 18. The first kappa shape index (κ1) is 73.0. The number of esters is 3. The van der Waals surface area contributed by atoms with Gasteiger partial charge in [-0.15, -0.1) is 0 Å². The third kappa shape index (κ3) is 61.9. The first-order valence-electron chi connectivity index (χ1n) is 31.5. The molecule has 0 aromatic heterocycles. The van der Waals surface area contributed by atoms with Crippen molar-refractivity contribution < 1.29 is 28.6 Å². The maximum absolute atomic E-state index is 12.8. The highest BCUT2D eigenvalue weighted by molar-refractivity contribution is 5.71. The lowest BCUT2D eigenvalue weighted by molar-refractivity contribution is -0.166. The third-order valence-electron chi connectivity index (χ3n) is 12.8. The molecule has 0 amide bonds. The summed E-state index contributed by atoms with van der Waals surface area (Å²) in [5.41, 5.74) is 0. The molecule has 1 atom stereocenters. The predicted octanol–water partition coefficient (Wildman–Crippen LogP) is 21.7. The molecule has 0 heterocycles. The van der Waals surface area contributed by atoms with E-state index in [1.54, 1.807) is 0 Å². The van der Waals surface area contributed by atoms with Gasteiger partial charge < -0.3 is 14.2 Å². The molecule has 0 saturated carbocycles. The summed E-state index contributed by atoms with van der Waals surface area (Å²) in [7, 11) is 0. The minimum Gasteiger partial charge on any atom is -0.462 e. The molecule has 6 heteroatoms. The molecule has 0 radical (unpaired) electrons. The summed E-state index contributed by atoms with van der Waals surface area (Å²) in [6, 6.07) is 0. The fraction of sp³-hybridized carbons (Fsp3) is 0.597. The zero-order valence-electron chi connectivity index (χ0n) is 50.1. The van der Waals surface area contributed by atoms with Crippen LogP contribution in [-0.4, -0.2) is 37.2 Å². The van der Waals surface area contributed by atoms with Crippen LogP contribution in [0.1, 0.15) is 258 Å². The van der Waals surface area contributed by atoms with E-state index < -0.39 is 12.1 Å². The van der Waals surface area contributed by atoms with Gasteiger partial charge in [0.1, 0.15) is 13.2 Å². The highest BCUT2D eigenvalue weighted by Crippen LogP contribution is 2.15. The summed E-state index contributed by atoms with van der Waals surface area (Å²) in [6.07, 6.45) is 94.5. The fourth-order valence-corrected chi connectivity index (χ4v) is 8.15. The summed E-state index contributed by atoms with van der Waals surface area (Å²) in [5, 5.41) is 0. The van der Waals surface area contributed by atoms with Crippen molar-refractivity contribution in [3.05, 3.63) is 158 Å². The van der Waals surface area contributed by atoms with Crippen molar-refractivity contribution in [2.75, 3.05) is 13.2 Å². The number of hydrogen-bond donors (Lipinski definition) is 0. The van der Waals surface area contributed by atoms with Crippen LogP contribution in [0.3, 0.4) is 0 Å². The first-order chi connectivity index (χ1) is 38.5. The van der Waals surface area contributed by atoms with E-state index in [2.05, 4.69) is 167 Å². The van der Waals surface area contributed by atoms with Gasteiger partial charge in [0.15, 0.2) is 6.10 Å². The zero-order chi connectivity index (χ0) is 56.4. The van der Waals surface area contributed by atoms with Crippen LogP contribution in [0.15, 0.2) is 158 Å². The molecule has 6 nitrogen and oxygen atoms in total. The van der Waals surface area contributed by atoms with Gasteiger partial charge in [-0.05, 0) is 116 Å². The van der Waals surface area contributed by atoms with E-state index in [9.17, 15) is 14.4 Å². The van der Waals surface area contributed by atoms with Crippen LogP contribution >= 0.6 is 0 Å². The lowest BCUT2D eigenvalue weighted by Crippen LogP contribution is -2.30. The molecular formula is C72H114O6. The van der Waals surface area contributed by atoms with Crippen molar-refractivity contribution in [3.8, 4) is 0 Å². The molecule has 0 N–H and O–H groups in total. The van der Waals surface area contributed by atoms with Crippen LogP contribution in [0.25, 0.3) is 0 Å². The Morgan fingerprint density at radius 3 is 0.833 bits per heavy atom. The SMILES string of the molecule is CC/C=C\C/C=C\C/C=C\C/C=C\C/C=C\C/C=C\C/C=C\CCCCCCCCCCCCCCCC(=O)OCC(COC(=O)CCCCCCCC)OC(=O)CC/C=C\C/C=C\C/C=C\C/C=C\C/C=C\C/C=C\CC. The second kappa shape index (κ2) is 64.6. The van der Waals surface area contributed by atoms with Gasteiger partial charge in [0.25, 0.3) is 0 Å². The minimum atomic E-state index is -0.821. The summed E-state index contributed by atoms with van der Waals surface area (Å²) in [5.74, 6) is -1.01. The Morgan fingerprint density at radius 1 is 0.269 bits per heavy atom. The lowest BCUT2D eigenvalue weighted by atomic mass is 10.0. The fourth-order valence-electron chi connectivity index (χ4n) is 8.15. The topological polar surface area (TPSA) is 78.9 Å². The molecule has 0 aliphatic heterocycles. The normalized spacial score (nSPS) is 13.2. The number of allylic oxidation sites excluding steroid dienone is 26. The van der Waals surface area contributed by atoms with E-state index in [4.69, 9.17) is 14.2 Å². The number of hydrogen-bond acceptors (Lipinski definition) is 6. The minimum absolute atomic E-state index is 0.112. The Hall–Kier alpha value is -4.97. The number of ether oxygens (including phenoxy) is 3. The monoisotopic (exact) mass is 1070 g/mol. The van der Waals surface area contributed by atoms with Gasteiger partial charge in [-0.25, -0.2) is 0 Å². The van der Waals surface area contributed by atoms with Crippen LogP contribution in [0.4, 0.5) is 0 Å². The Balaban J connectivity index is 4.13. The quantitative estimate of drug-likeness (QED) is 0.0261. The molecule has 0 aliphatic carbocycles. The Morgan fingerprint density at radius 2 is 0.526 bits per heavy atom. The molecule has 0 saturated heterocycles. The number of carbonyl (C=O) groups is 3. The van der Waals surface area contributed by atoms with Crippen molar-refractivity contribution in [1.29, 1.82) is 0 Å². The standard InChI is InChI=1S/C72H114O6/c1-4-7-10-13-16-18-20-22-24-26-28-29-30-31-32-33-34-35-36-37-38-39-40-41-42-43-45-46-48-50-52-54-56-59-62-65-71(74)77-68-69(67-76-70(73)64-61-58-15-12-9-6-3)78-72(75)66-63-60-57-55-53-51-49-47-44-27-25-23-21-19-17-14-11-8-5-2/h7-8,10-11,16-19,22-25,28-29,31-32,34-35,37-38,44,47,51,53,57,60,69H,4-6,9,12-15,20-21,26-27,30,33,36,39-43,45-46,48-50,52,54-56,58-59,61-68H2,1-3H3/b10-7-,11-8-,18-16-,19-17-,24-22-,25-23-,29-28-,32-31-,35-34-,38-37-,47-44-,53-51-,60-57-. The second-order valence-corrected chi connectivity index (χ2v) is 20.2. The highest BCUT2D eigenvalue weighted by Gasteiger charge is 2.19. The second-order valence-electron chi connectivity index (χ2n) is 20.2. The first-order valence-corrected chi connectivity index (χ1v) is 31.5. The average molecular weight is 1080 g/mol.